The number of rotatable bonds is 3. The molecule has 2 N–H and O–H groups in total. The summed E-state index contributed by atoms with van der Waals surface area (Å²) >= 11 is 0. The van der Waals surface area contributed by atoms with Crippen LogP contribution >= 0.6 is 0 Å². The molecule has 2 rings (SSSR count). The molecule has 0 radical (unpaired) electrons. The second-order valence-corrected chi connectivity index (χ2v) is 4.87. The number of piperidine rings is 1. The van der Waals surface area contributed by atoms with Gasteiger partial charge in [0.15, 0.2) is 0 Å². The third-order valence-electron chi connectivity index (χ3n) is 3.51. The average Bonchev–Trinajstić information content (AvgIpc) is 2.81. The van der Waals surface area contributed by atoms with Gasteiger partial charge < -0.3 is 15.4 Å². The van der Waals surface area contributed by atoms with Gasteiger partial charge in [-0.05, 0) is 32.2 Å². The number of hydrogen-bond acceptors (Lipinski definition) is 3. The lowest BCUT2D eigenvalue weighted by Crippen LogP contribution is -2.40. The van der Waals surface area contributed by atoms with Crippen LogP contribution in [0.3, 0.4) is 0 Å². The van der Waals surface area contributed by atoms with Gasteiger partial charge in [-0.25, -0.2) is 4.79 Å². The lowest BCUT2D eigenvalue weighted by Gasteiger charge is -2.23. The van der Waals surface area contributed by atoms with Crippen LogP contribution in [-0.2, 0) is 4.74 Å². The molecule has 0 unspecified atom stereocenters. The largest absolute Gasteiger partial charge is 0.448 e. The van der Waals surface area contributed by atoms with Gasteiger partial charge in [-0.15, -0.1) is 0 Å². The first-order valence-electron chi connectivity index (χ1n) is 6.51. The molecule has 1 saturated carbocycles. The van der Waals surface area contributed by atoms with Crippen LogP contribution in [-0.4, -0.2) is 31.3 Å². The molecule has 0 spiro atoms. The molecule has 0 aromatic rings. The topological polar surface area (TPSA) is 50.4 Å². The fraction of sp³-hybridized carbons (Fsp3) is 0.917. The zero-order valence-corrected chi connectivity index (χ0v) is 9.84. The van der Waals surface area contributed by atoms with Crippen molar-refractivity contribution in [1.29, 1.82) is 0 Å². The first-order valence-corrected chi connectivity index (χ1v) is 6.51. The zero-order chi connectivity index (χ0) is 11.2. The summed E-state index contributed by atoms with van der Waals surface area (Å²) in [6.45, 7) is 1.57. The van der Waals surface area contributed by atoms with Crippen molar-refractivity contribution in [2.75, 3.05) is 13.2 Å². The molecule has 2 aliphatic rings. The van der Waals surface area contributed by atoms with Crippen molar-refractivity contribution < 1.29 is 9.53 Å². The van der Waals surface area contributed by atoms with Gasteiger partial charge in [0.05, 0.1) is 0 Å². The molecule has 1 aliphatic heterocycles. The monoisotopic (exact) mass is 226 g/mol. The van der Waals surface area contributed by atoms with E-state index in [-0.39, 0.29) is 6.09 Å². The van der Waals surface area contributed by atoms with E-state index in [9.17, 15) is 4.79 Å². The highest BCUT2D eigenvalue weighted by Gasteiger charge is 2.19. The minimum atomic E-state index is -0.237. The number of amides is 1. The van der Waals surface area contributed by atoms with Crippen molar-refractivity contribution in [2.45, 2.75) is 57.0 Å². The van der Waals surface area contributed by atoms with E-state index in [2.05, 4.69) is 10.6 Å². The van der Waals surface area contributed by atoms with E-state index in [4.69, 9.17) is 4.74 Å². The Morgan fingerprint density at radius 1 is 1.19 bits per heavy atom. The highest BCUT2D eigenvalue weighted by atomic mass is 16.5. The van der Waals surface area contributed by atoms with E-state index in [1.54, 1.807) is 0 Å². The molecule has 1 saturated heterocycles. The Bertz CT molecular complexity index is 221. The van der Waals surface area contributed by atoms with Crippen LogP contribution < -0.4 is 10.6 Å². The molecular weight excluding hydrogens is 204 g/mol. The lowest BCUT2D eigenvalue weighted by molar-refractivity contribution is 0.124. The zero-order valence-electron chi connectivity index (χ0n) is 9.84. The molecule has 16 heavy (non-hydrogen) atoms. The van der Waals surface area contributed by atoms with Crippen molar-refractivity contribution >= 4 is 6.09 Å². The minimum Gasteiger partial charge on any atom is -0.448 e. The van der Waals surface area contributed by atoms with Gasteiger partial charge in [0.1, 0.15) is 6.61 Å². The summed E-state index contributed by atoms with van der Waals surface area (Å²) in [7, 11) is 0. The first-order chi connectivity index (χ1) is 7.84. The van der Waals surface area contributed by atoms with Gasteiger partial charge in [0, 0.05) is 12.1 Å². The van der Waals surface area contributed by atoms with Crippen molar-refractivity contribution in [3.63, 3.8) is 0 Å². The lowest BCUT2D eigenvalue weighted by atomic mass is 10.1. The van der Waals surface area contributed by atoms with E-state index in [1.807, 2.05) is 0 Å². The standard InChI is InChI=1S/C12H22N2O2/c15-12(14-10-5-1-2-6-10)16-9-11-7-3-4-8-13-11/h10-11,13H,1-9H2,(H,14,15)/t11-/m1/s1. The minimum absolute atomic E-state index is 0.237. The Morgan fingerprint density at radius 3 is 2.62 bits per heavy atom. The molecule has 0 aromatic carbocycles. The van der Waals surface area contributed by atoms with Crippen LogP contribution in [0.2, 0.25) is 0 Å². The molecule has 4 heteroatoms. The predicted molar refractivity (Wildman–Crippen MR) is 62.4 cm³/mol. The van der Waals surface area contributed by atoms with Crippen LogP contribution in [0.5, 0.6) is 0 Å². The maximum atomic E-state index is 11.5. The van der Waals surface area contributed by atoms with E-state index in [0.29, 0.717) is 18.7 Å². The maximum Gasteiger partial charge on any atom is 0.407 e. The molecule has 4 nitrogen and oxygen atoms in total. The fourth-order valence-electron chi connectivity index (χ4n) is 2.52. The number of alkyl carbamates (subject to hydrolysis) is 1. The summed E-state index contributed by atoms with van der Waals surface area (Å²) in [5.74, 6) is 0. The molecular formula is C12H22N2O2. The second kappa shape index (κ2) is 6.09. The van der Waals surface area contributed by atoms with Gasteiger partial charge in [-0.2, -0.15) is 0 Å². The highest BCUT2D eigenvalue weighted by molar-refractivity contribution is 5.67. The maximum absolute atomic E-state index is 11.5. The van der Waals surface area contributed by atoms with Crippen LogP contribution in [0, 0.1) is 0 Å². The highest BCUT2D eigenvalue weighted by Crippen LogP contribution is 2.17. The molecule has 92 valence electrons. The number of nitrogens with one attached hydrogen (secondary N) is 2. The summed E-state index contributed by atoms with van der Waals surface area (Å²) in [6, 6.07) is 0.717. The molecule has 1 atom stereocenters. The van der Waals surface area contributed by atoms with Gasteiger partial charge in [0.2, 0.25) is 0 Å². The van der Waals surface area contributed by atoms with Gasteiger partial charge in [0.25, 0.3) is 0 Å². The third kappa shape index (κ3) is 3.67. The fourth-order valence-corrected chi connectivity index (χ4v) is 2.52. The van der Waals surface area contributed by atoms with Gasteiger partial charge in [-0.3, -0.25) is 0 Å². The van der Waals surface area contributed by atoms with Crippen molar-refractivity contribution in [2.24, 2.45) is 0 Å². The Hall–Kier alpha value is -0.770. The van der Waals surface area contributed by atoms with Crippen molar-refractivity contribution in [3.8, 4) is 0 Å². The van der Waals surface area contributed by atoms with E-state index >= 15 is 0 Å². The summed E-state index contributed by atoms with van der Waals surface area (Å²) in [5, 5.41) is 6.29. The summed E-state index contributed by atoms with van der Waals surface area (Å²) < 4.78 is 5.23. The Kier molecular flexibility index (Phi) is 4.45. The molecule has 1 aliphatic carbocycles. The number of ether oxygens (including phenoxy) is 1. The smallest absolute Gasteiger partial charge is 0.407 e. The number of carbonyl (C=O) groups is 1. The summed E-state index contributed by atoms with van der Waals surface area (Å²) in [5.41, 5.74) is 0. The van der Waals surface area contributed by atoms with Crippen LogP contribution in [0.15, 0.2) is 0 Å². The summed E-state index contributed by atoms with van der Waals surface area (Å²) in [4.78, 5) is 11.5. The Morgan fingerprint density at radius 2 is 1.94 bits per heavy atom. The Labute approximate surface area is 97.1 Å². The Balaban J connectivity index is 1.59. The third-order valence-corrected chi connectivity index (χ3v) is 3.51. The van der Waals surface area contributed by atoms with Gasteiger partial charge >= 0.3 is 6.09 Å². The predicted octanol–water partition coefficient (Wildman–Crippen LogP) is 1.80. The van der Waals surface area contributed by atoms with Crippen LogP contribution in [0.25, 0.3) is 0 Å². The molecule has 2 fully saturated rings. The van der Waals surface area contributed by atoms with E-state index < -0.39 is 0 Å². The van der Waals surface area contributed by atoms with Gasteiger partial charge in [-0.1, -0.05) is 19.3 Å². The molecule has 0 bridgehead atoms. The van der Waals surface area contributed by atoms with Crippen molar-refractivity contribution in [1.82, 2.24) is 10.6 Å². The molecule has 1 amide bonds. The number of carbonyl (C=O) groups excluding carboxylic acids is 1. The second-order valence-electron chi connectivity index (χ2n) is 4.87. The molecule has 1 heterocycles. The van der Waals surface area contributed by atoms with Crippen LogP contribution in [0.1, 0.15) is 44.9 Å². The number of hydrogen-bond donors (Lipinski definition) is 2. The SMILES string of the molecule is O=C(NC1CCCC1)OC[C@H]1CCCCN1. The average molecular weight is 226 g/mol. The summed E-state index contributed by atoms with van der Waals surface area (Å²) in [6.07, 6.45) is 8.05. The first kappa shape index (κ1) is 11.7. The van der Waals surface area contributed by atoms with E-state index in [0.717, 1.165) is 25.8 Å². The van der Waals surface area contributed by atoms with Crippen LogP contribution in [0.4, 0.5) is 4.79 Å². The van der Waals surface area contributed by atoms with Crippen molar-refractivity contribution in [3.05, 3.63) is 0 Å². The quantitative estimate of drug-likeness (QED) is 0.771. The van der Waals surface area contributed by atoms with E-state index in [1.165, 1.54) is 25.7 Å². The normalized spacial score (nSPS) is 26.6. The molecule has 0 aromatic heterocycles.